The summed E-state index contributed by atoms with van der Waals surface area (Å²) in [5.74, 6) is 1.09. The molecule has 0 aliphatic heterocycles. The summed E-state index contributed by atoms with van der Waals surface area (Å²) in [7, 11) is 0. The van der Waals surface area contributed by atoms with Crippen molar-refractivity contribution in [2.45, 2.75) is 58.9 Å². The van der Waals surface area contributed by atoms with Gasteiger partial charge in [-0.15, -0.1) is 0 Å². The smallest absolute Gasteiger partial charge is 0.171 e. The normalized spacial score (nSPS) is 12.3. The molecule has 0 saturated heterocycles. The quantitative estimate of drug-likeness (QED) is 0.589. The maximum atomic E-state index is 5.51. The van der Waals surface area contributed by atoms with E-state index in [9.17, 15) is 0 Å². The Bertz CT molecular complexity index is 672. The van der Waals surface area contributed by atoms with Crippen molar-refractivity contribution in [2.75, 3.05) is 5.32 Å². The molecule has 25 heavy (non-hydrogen) atoms. The molecule has 0 aliphatic carbocycles. The van der Waals surface area contributed by atoms with Crippen LogP contribution in [0.4, 0.5) is 5.69 Å². The predicted molar refractivity (Wildman–Crippen MR) is 113 cm³/mol. The van der Waals surface area contributed by atoms with Gasteiger partial charge in [-0.1, -0.05) is 71.0 Å². The van der Waals surface area contributed by atoms with Gasteiger partial charge in [-0.2, -0.15) is 0 Å². The number of hydrogen-bond acceptors (Lipinski definition) is 1. The van der Waals surface area contributed by atoms with Crippen molar-refractivity contribution in [3.05, 3.63) is 65.2 Å². The van der Waals surface area contributed by atoms with Crippen LogP contribution in [0.2, 0.25) is 0 Å². The van der Waals surface area contributed by atoms with Crippen LogP contribution in [0.1, 0.15) is 75.6 Å². The van der Waals surface area contributed by atoms with Gasteiger partial charge in [-0.3, -0.25) is 0 Å². The van der Waals surface area contributed by atoms with Crippen LogP contribution in [0.5, 0.6) is 0 Å². The van der Waals surface area contributed by atoms with E-state index in [1.165, 1.54) is 16.7 Å². The largest absolute Gasteiger partial charge is 0.356 e. The molecule has 1 atom stereocenters. The molecule has 0 heterocycles. The summed E-state index contributed by atoms with van der Waals surface area (Å²) in [5.41, 5.74) is 4.99. The van der Waals surface area contributed by atoms with Gasteiger partial charge in [0.05, 0.1) is 6.04 Å². The lowest BCUT2D eigenvalue weighted by Gasteiger charge is -2.21. The number of anilines is 1. The molecule has 0 aromatic heterocycles. The summed E-state index contributed by atoms with van der Waals surface area (Å²) >= 11 is 5.51. The Hall–Kier alpha value is -1.87. The predicted octanol–water partition coefficient (Wildman–Crippen LogP) is 6.37. The Kier molecular flexibility index (Phi) is 7.01. The molecule has 3 heteroatoms. The molecule has 0 saturated carbocycles. The number of rotatable bonds is 6. The topological polar surface area (TPSA) is 24.1 Å². The molecule has 2 aromatic rings. The van der Waals surface area contributed by atoms with E-state index >= 15 is 0 Å². The van der Waals surface area contributed by atoms with Crippen LogP contribution < -0.4 is 10.6 Å². The van der Waals surface area contributed by atoms with Crippen molar-refractivity contribution in [1.29, 1.82) is 0 Å². The fraction of sp³-hybridized carbons (Fsp3) is 0.409. The van der Waals surface area contributed by atoms with E-state index in [1.54, 1.807) is 0 Å². The Labute approximate surface area is 158 Å². The first-order chi connectivity index (χ1) is 11.9. The first-order valence-corrected chi connectivity index (χ1v) is 9.58. The monoisotopic (exact) mass is 354 g/mol. The summed E-state index contributed by atoms with van der Waals surface area (Å²) in [6, 6.07) is 17.5. The minimum atomic E-state index is 0.219. The Balaban J connectivity index is 1.99. The molecule has 1 unspecified atom stereocenters. The number of nitrogens with one attached hydrogen (secondary N) is 2. The fourth-order valence-electron chi connectivity index (χ4n) is 2.81. The Morgan fingerprint density at radius 3 is 1.68 bits per heavy atom. The molecule has 0 spiro atoms. The molecular weight excluding hydrogens is 324 g/mol. The van der Waals surface area contributed by atoms with E-state index < -0.39 is 0 Å². The number of hydrogen-bond donors (Lipinski definition) is 2. The van der Waals surface area contributed by atoms with Crippen molar-refractivity contribution in [1.82, 2.24) is 5.32 Å². The van der Waals surface area contributed by atoms with Crippen LogP contribution >= 0.6 is 12.2 Å². The molecule has 0 aliphatic rings. The number of benzene rings is 2. The highest BCUT2D eigenvalue weighted by Crippen LogP contribution is 2.21. The van der Waals surface area contributed by atoms with Crippen molar-refractivity contribution in [3.8, 4) is 0 Å². The average Bonchev–Trinajstić information content (AvgIpc) is 2.60. The van der Waals surface area contributed by atoms with Gasteiger partial charge in [0.25, 0.3) is 0 Å². The van der Waals surface area contributed by atoms with Gasteiger partial charge >= 0.3 is 0 Å². The summed E-state index contributed by atoms with van der Waals surface area (Å²) in [4.78, 5) is 0. The molecule has 0 radical (unpaired) electrons. The molecule has 2 nitrogen and oxygen atoms in total. The highest BCUT2D eigenvalue weighted by Gasteiger charge is 2.11. The second-order valence-corrected chi connectivity index (χ2v) is 7.57. The van der Waals surface area contributed by atoms with Crippen LogP contribution in [0.25, 0.3) is 0 Å². The minimum absolute atomic E-state index is 0.219. The van der Waals surface area contributed by atoms with Gasteiger partial charge < -0.3 is 10.6 Å². The van der Waals surface area contributed by atoms with Crippen LogP contribution in [0, 0.1) is 0 Å². The molecule has 2 aromatic carbocycles. The lowest BCUT2D eigenvalue weighted by Crippen LogP contribution is -2.32. The first kappa shape index (κ1) is 19.5. The van der Waals surface area contributed by atoms with Gasteiger partial charge in [-0.25, -0.2) is 0 Å². The average molecular weight is 355 g/mol. The van der Waals surface area contributed by atoms with Crippen molar-refractivity contribution in [2.24, 2.45) is 0 Å². The maximum absolute atomic E-state index is 5.51. The third kappa shape index (κ3) is 5.57. The summed E-state index contributed by atoms with van der Waals surface area (Å²) < 4.78 is 0. The van der Waals surface area contributed by atoms with Crippen molar-refractivity contribution < 1.29 is 0 Å². The second-order valence-electron chi connectivity index (χ2n) is 7.16. The molecule has 134 valence electrons. The zero-order valence-electron chi connectivity index (χ0n) is 16.0. The van der Waals surface area contributed by atoms with E-state index in [1.807, 2.05) is 0 Å². The van der Waals surface area contributed by atoms with Crippen molar-refractivity contribution >= 4 is 23.0 Å². The summed E-state index contributed by atoms with van der Waals surface area (Å²) in [6.45, 7) is 11.0. The summed E-state index contributed by atoms with van der Waals surface area (Å²) in [5, 5.41) is 7.39. The van der Waals surface area contributed by atoms with E-state index in [2.05, 4.69) is 93.8 Å². The summed E-state index contributed by atoms with van der Waals surface area (Å²) in [6.07, 6.45) is 0.981. The fourth-order valence-corrected chi connectivity index (χ4v) is 3.07. The highest BCUT2D eigenvalue weighted by molar-refractivity contribution is 7.80. The van der Waals surface area contributed by atoms with E-state index in [0.717, 1.165) is 12.1 Å². The third-order valence-electron chi connectivity index (χ3n) is 4.55. The van der Waals surface area contributed by atoms with Gasteiger partial charge in [0.1, 0.15) is 0 Å². The molecule has 0 amide bonds. The van der Waals surface area contributed by atoms with Crippen molar-refractivity contribution in [3.63, 3.8) is 0 Å². The van der Waals surface area contributed by atoms with Crippen LogP contribution in [0.3, 0.4) is 0 Å². The number of thiocarbonyl (C=S) groups is 1. The molecule has 2 N–H and O–H groups in total. The maximum Gasteiger partial charge on any atom is 0.171 e. The standard InChI is InChI=1S/C22H30N2S/c1-6-21(19-9-7-17(8-10-19)15(2)3)24-22(25)23-20-13-11-18(12-14-20)16(4)5/h7-16,21H,6H2,1-5H3,(H2,23,24,25). The lowest BCUT2D eigenvalue weighted by atomic mass is 9.98. The van der Waals surface area contributed by atoms with E-state index in [4.69, 9.17) is 12.2 Å². The Morgan fingerprint density at radius 2 is 1.24 bits per heavy atom. The zero-order chi connectivity index (χ0) is 18.4. The Morgan fingerprint density at radius 1 is 0.800 bits per heavy atom. The second kappa shape index (κ2) is 9.00. The zero-order valence-corrected chi connectivity index (χ0v) is 16.8. The molecule has 0 bridgehead atoms. The van der Waals surface area contributed by atoms with E-state index in [-0.39, 0.29) is 6.04 Å². The first-order valence-electron chi connectivity index (χ1n) is 9.18. The SMILES string of the molecule is CCC(NC(=S)Nc1ccc(C(C)C)cc1)c1ccc(C(C)C)cc1. The third-order valence-corrected chi connectivity index (χ3v) is 4.77. The van der Waals surface area contributed by atoms with E-state index in [0.29, 0.717) is 16.9 Å². The lowest BCUT2D eigenvalue weighted by molar-refractivity contribution is 0.628. The van der Waals surface area contributed by atoms with Crippen LogP contribution in [-0.2, 0) is 0 Å². The molecule has 2 rings (SSSR count). The van der Waals surface area contributed by atoms with Gasteiger partial charge in [-0.05, 0) is 59.3 Å². The van der Waals surface area contributed by atoms with Gasteiger partial charge in [0.15, 0.2) is 5.11 Å². The molecule has 0 fully saturated rings. The van der Waals surface area contributed by atoms with Crippen LogP contribution in [-0.4, -0.2) is 5.11 Å². The minimum Gasteiger partial charge on any atom is -0.356 e. The van der Waals surface area contributed by atoms with Crippen LogP contribution in [0.15, 0.2) is 48.5 Å². The molecular formula is C22H30N2S. The van der Waals surface area contributed by atoms with Gasteiger partial charge in [0.2, 0.25) is 0 Å². The van der Waals surface area contributed by atoms with Gasteiger partial charge in [0, 0.05) is 5.69 Å². The highest BCUT2D eigenvalue weighted by atomic mass is 32.1.